The monoisotopic (exact) mass is 247 g/mol. The lowest BCUT2D eigenvalue weighted by atomic mass is 9.98. The standard InChI is InChI=1S/C11H9ClF3N/c1-6-4-10(11(13,14)15)16-9-5-7(12)2-3-8(6)9/h2-5,10,16H,1H3. The fourth-order valence-corrected chi connectivity index (χ4v) is 1.88. The topological polar surface area (TPSA) is 12.0 Å². The van der Waals surface area contributed by atoms with E-state index >= 15 is 0 Å². The van der Waals surface area contributed by atoms with Gasteiger partial charge >= 0.3 is 6.18 Å². The third kappa shape index (κ3) is 2.02. The zero-order valence-electron chi connectivity index (χ0n) is 8.40. The average Bonchev–Trinajstić information content (AvgIpc) is 2.15. The first-order chi connectivity index (χ1) is 7.38. The summed E-state index contributed by atoms with van der Waals surface area (Å²) in [7, 11) is 0. The van der Waals surface area contributed by atoms with E-state index in [-0.39, 0.29) is 0 Å². The Bertz CT molecular complexity index is 451. The Morgan fingerprint density at radius 2 is 2.00 bits per heavy atom. The van der Waals surface area contributed by atoms with Crippen molar-refractivity contribution in [2.24, 2.45) is 0 Å². The molecule has 1 nitrogen and oxygen atoms in total. The lowest BCUT2D eigenvalue weighted by Crippen LogP contribution is -2.36. The molecule has 1 aliphatic rings. The number of alkyl halides is 3. The van der Waals surface area contributed by atoms with Crippen molar-refractivity contribution in [3.8, 4) is 0 Å². The van der Waals surface area contributed by atoms with Crippen LogP contribution in [0.3, 0.4) is 0 Å². The van der Waals surface area contributed by atoms with Crippen LogP contribution < -0.4 is 5.32 Å². The van der Waals surface area contributed by atoms with E-state index in [0.717, 1.165) is 5.56 Å². The van der Waals surface area contributed by atoms with Crippen molar-refractivity contribution >= 4 is 22.9 Å². The van der Waals surface area contributed by atoms with E-state index in [1.165, 1.54) is 12.1 Å². The Hall–Kier alpha value is -1.16. The maximum atomic E-state index is 12.6. The molecule has 0 saturated carbocycles. The molecule has 1 heterocycles. The van der Waals surface area contributed by atoms with Gasteiger partial charge in [0.15, 0.2) is 0 Å². The van der Waals surface area contributed by atoms with Gasteiger partial charge in [-0.1, -0.05) is 17.7 Å². The van der Waals surface area contributed by atoms with Gasteiger partial charge in [0, 0.05) is 16.3 Å². The molecule has 0 amide bonds. The number of benzene rings is 1. The Kier molecular flexibility index (Phi) is 2.62. The van der Waals surface area contributed by atoms with E-state index in [9.17, 15) is 13.2 Å². The van der Waals surface area contributed by atoms with Crippen LogP contribution in [0.25, 0.3) is 5.57 Å². The number of allylic oxidation sites excluding steroid dienone is 1. The van der Waals surface area contributed by atoms with Gasteiger partial charge in [-0.15, -0.1) is 0 Å². The molecular formula is C11H9ClF3N. The Balaban J connectivity index is 2.44. The highest BCUT2D eigenvalue weighted by molar-refractivity contribution is 6.31. The van der Waals surface area contributed by atoms with Crippen molar-refractivity contribution in [2.45, 2.75) is 19.1 Å². The summed E-state index contributed by atoms with van der Waals surface area (Å²) >= 11 is 5.75. The summed E-state index contributed by atoms with van der Waals surface area (Å²) < 4.78 is 37.7. The van der Waals surface area contributed by atoms with Crippen molar-refractivity contribution in [2.75, 3.05) is 5.32 Å². The van der Waals surface area contributed by atoms with Gasteiger partial charge in [-0.25, -0.2) is 0 Å². The van der Waals surface area contributed by atoms with Crippen LogP contribution in [0.5, 0.6) is 0 Å². The minimum atomic E-state index is -4.29. The number of fused-ring (bicyclic) bond motifs is 1. The lowest BCUT2D eigenvalue weighted by molar-refractivity contribution is -0.132. The Morgan fingerprint density at radius 3 is 2.62 bits per heavy atom. The molecule has 86 valence electrons. The zero-order chi connectivity index (χ0) is 11.9. The van der Waals surface area contributed by atoms with Gasteiger partial charge < -0.3 is 5.32 Å². The van der Waals surface area contributed by atoms with Gasteiger partial charge in [-0.2, -0.15) is 13.2 Å². The second-order valence-corrected chi connectivity index (χ2v) is 4.14. The maximum Gasteiger partial charge on any atom is 0.412 e. The van der Waals surface area contributed by atoms with Gasteiger partial charge in [-0.05, 0) is 30.7 Å². The Labute approximate surface area is 95.9 Å². The number of halogens is 4. The van der Waals surface area contributed by atoms with Crippen LogP contribution in [0.15, 0.2) is 24.3 Å². The van der Waals surface area contributed by atoms with E-state index in [0.29, 0.717) is 16.3 Å². The lowest BCUT2D eigenvalue weighted by Gasteiger charge is -2.26. The second-order valence-electron chi connectivity index (χ2n) is 3.70. The van der Waals surface area contributed by atoms with Gasteiger partial charge in [0.25, 0.3) is 0 Å². The van der Waals surface area contributed by atoms with Crippen molar-refractivity contribution < 1.29 is 13.2 Å². The molecule has 0 fully saturated rings. The SMILES string of the molecule is CC1=CC(C(F)(F)F)Nc2cc(Cl)ccc21. The average molecular weight is 248 g/mol. The fourth-order valence-electron chi connectivity index (χ4n) is 1.71. The van der Waals surface area contributed by atoms with Crippen LogP contribution in [0.2, 0.25) is 5.02 Å². The number of hydrogen-bond acceptors (Lipinski definition) is 1. The summed E-state index contributed by atoms with van der Waals surface area (Å²) in [5.74, 6) is 0. The minimum Gasteiger partial charge on any atom is -0.370 e. The van der Waals surface area contributed by atoms with Gasteiger partial charge in [0.05, 0.1) is 0 Å². The molecule has 0 saturated heterocycles. The minimum absolute atomic E-state index is 0.418. The van der Waals surface area contributed by atoms with Crippen LogP contribution in [-0.2, 0) is 0 Å². The highest BCUT2D eigenvalue weighted by Gasteiger charge is 2.40. The molecule has 1 atom stereocenters. The van der Waals surface area contributed by atoms with Crippen LogP contribution in [0.4, 0.5) is 18.9 Å². The third-order valence-electron chi connectivity index (χ3n) is 2.49. The maximum absolute atomic E-state index is 12.6. The summed E-state index contributed by atoms with van der Waals surface area (Å²) in [6.45, 7) is 1.66. The molecule has 1 N–H and O–H groups in total. The molecule has 5 heteroatoms. The highest BCUT2D eigenvalue weighted by atomic mass is 35.5. The molecule has 0 spiro atoms. The molecule has 0 radical (unpaired) electrons. The van der Waals surface area contributed by atoms with Crippen molar-refractivity contribution in [1.82, 2.24) is 0 Å². The normalized spacial score (nSPS) is 19.8. The molecule has 0 bridgehead atoms. The van der Waals surface area contributed by atoms with Crippen molar-refractivity contribution in [3.63, 3.8) is 0 Å². The van der Waals surface area contributed by atoms with Crippen molar-refractivity contribution in [3.05, 3.63) is 34.9 Å². The van der Waals surface area contributed by atoms with Crippen molar-refractivity contribution in [1.29, 1.82) is 0 Å². The summed E-state index contributed by atoms with van der Waals surface area (Å²) in [4.78, 5) is 0. The summed E-state index contributed by atoms with van der Waals surface area (Å²) in [5, 5.41) is 2.84. The molecule has 1 aromatic rings. The predicted octanol–water partition coefficient (Wildman–Crippen LogP) is 4.10. The van der Waals surface area contributed by atoms with Gasteiger partial charge in [0.1, 0.15) is 6.04 Å². The first kappa shape index (κ1) is 11.3. The number of hydrogen-bond donors (Lipinski definition) is 1. The summed E-state index contributed by atoms with van der Waals surface area (Å²) in [6, 6.07) is 3.24. The van der Waals surface area contributed by atoms with Crippen LogP contribution in [-0.4, -0.2) is 12.2 Å². The zero-order valence-corrected chi connectivity index (χ0v) is 9.15. The van der Waals surface area contributed by atoms with Gasteiger partial charge in [-0.3, -0.25) is 0 Å². The van der Waals surface area contributed by atoms with E-state index in [1.807, 2.05) is 0 Å². The van der Waals surface area contributed by atoms with Crippen LogP contribution in [0.1, 0.15) is 12.5 Å². The molecule has 1 aliphatic heterocycles. The first-order valence-corrected chi connectivity index (χ1v) is 5.07. The summed E-state index contributed by atoms with van der Waals surface area (Å²) in [6.07, 6.45) is -3.11. The molecule has 1 aromatic carbocycles. The fraction of sp³-hybridized carbons (Fsp3) is 0.273. The number of anilines is 1. The van der Waals surface area contributed by atoms with Crippen LogP contribution in [0, 0.1) is 0 Å². The molecule has 16 heavy (non-hydrogen) atoms. The molecule has 2 rings (SSSR count). The summed E-state index contributed by atoms with van der Waals surface area (Å²) in [5.41, 5.74) is 1.78. The smallest absolute Gasteiger partial charge is 0.370 e. The van der Waals surface area contributed by atoms with E-state index in [2.05, 4.69) is 5.32 Å². The largest absolute Gasteiger partial charge is 0.412 e. The highest BCUT2D eigenvalue weighted by Crippen LogP contribution is 2.36. The van der Waals surface area contributed by atoms with Crippen LogP contribution >= 0.6 is 11.6 Å². The van der Waals surface area contributed by atoms with Gasteiger partial charge in [0.2, 0.25) is 0 Å². The van der Waals surface area contributed by atoms with E-state index in [1.54, 1.807) is 19.1 Å². The molecule has 0 aromatic heterocycles. The molecule has 0 aliphatic carbocycles. The molecule has 1 unspecified atom stereocenters. The number of rotatable bonds is 0. The third-order valence-corrected chi connectivity index (χ3v) is 2.72. The quantitative estimate of drug-likeness (QED) is 0.728. The number of nitrogens with one attached hydrogen (secondary N) is 1. The first-order valence-electron chi connectivity index (χ1n) is 4.69. The van der Waals surface area contributed by atoms with E-state index in [4.69, 9.17) is 11.6 Å². The molecular weight excluding hydrogens is 239 g/mol. The van der Waals surface area contributed by atoms with E-state index < -0.39 is 12.2 Å². The second kappa shape index (κ2) is 3.70. The Morgan fingerprint density at radius 1 is 1.31 bits per heavy atom. The predicted molar refractivity (Wildman–Crippen MR) is 58.6 cm³/mol.